The lowest BCUT2D eigenvalue weighted by atomic mass is 9.88. The Morgan fingerprint density at radius 1 is 1.15 bits per heavy atom. The molecule has 7 nitrogen and oxygen atoms in total. The Kier molecular flexibility index (Phi) is 9.77. The average molecular weight is 401 g/mol. The molecule has 1 saturated heterocycles. The van der Waals surface area contributed by atoms with Crippen LogP contribution in [0.4, 0.5) is 0 Å². The summed E-state index contributed by atoms with van der Waals surface area (Å²) >= 11 is 0. The number of likely N-dealkylation sites (tertiary alicyclic amines) is 1. The fraction of sp³-hybridized carbons (Fsp3) is 0.789. The number of hydrogen-bond acceptors (Lipinski definition) is 4. The standard InChI is InChI=1S/C19H32N4O3.ClH/c1-13(2)12-15(20-18(25)14-8-5-4-6-9-14)17(24)19(26)22-21-16-10-7-11-23(16)3;/h13-15H,4-12H2,1-3H3,(H,20,25)(H,22,26);1H. The number of amidine groups is 1. The van der Waals surface area contributed by atoms with Crippen molar-refractivity contribution in [2.45, 2.75) is 71.3 Å². The number of hydrazone groups is 1. The molecule has 0 aromatic heterocycles. The first kappa shape index (κ1) is 23.4. The van der Waals surface area contributed by atoms with E-state index in [9.17, 15) is 14.4 Å². The quantitative estimate of drug-likeness (QED) is 0.506. The van der Waals surface area contributed by atoms with E-state index in [1.807, 2.05) is 25.8 Å². The second kappa shape index (κ2) is 11.3. The minimum absolute atomic E-state index is 0. The number of hydrogen-bond donors (Lipinski definition) is 2. The molecule has 0 aromatic rings. The van der Waals surface area contributed by atoms with Crippen LogP contribution in [-0.4, -0.2) is 48.0 Å². The van der Waals surface area contributed by atoms with Crippen LogP contribution < -0.4 is 10.7 Å². The third kappa shape index (κ3) is 7.13. The Morgan fingerprint density at radius 2 is 1.81 bits per heavy atom. The molecule has 1 heterocycles. The number of carbonyl (C=O) groups excluding carboxylic acids is 3. The van der Waals surface area contributed by atoms with Crippen LogP contribution in [-0.2, 0) is 14.4 Å². The number of nitrogens with one attached hydrogen (secondary N) is 2. The summed E-state index contributed by atoms with van der Waals surface area (Å²) in [5.41, 5.74) is 2.37. The molecule has 1 unspecified atom stereocenters. The van der Waals surface area contributed by atoms with E-state index < -0.39 is 17.7 Å². The first-order valence-electron chi connectivity index (χ1n) is 9.80. The SMILES string of the molecule is CC(C)CC(NC(=O)C1CCCCC1)C(=O)C(=O)NN=C1CCCN1C.Cl. The van der Waals surface area contributed by atoms with E-state index >= 15 is 0 Å². The lowest BCUT2D eigenvalue weighted by Gasteiger charge is -2.24. The Hall–Kier alpha value is -1.63. The van der Waals surface area contributed by atoms with Gasteiger partial charge in [-0.25, -0.2) is 5.43 Å². The van der Waals surface area contributed by atoms with Crippen LogP contribution >= 0.6 is 12.4 Å². The van der Waals surface area contributed by atoms with Crippen molar-refractivity contribution in [3.05, 3.63) is 0 Å². The minimum atomic E-state index is -0.786. The molecule has 8 heteroatoms. The normalized spacial score (nSPS) is 20.3. The van der Waals surface area contributed by atoms with Crippen LogP contribution in [0.2, 0.25) is 0 Å². The number of halogens is 1. The maximum absolute atomic E-state index is 12.6. The van der Waals surface area contributed by atoms with Crippen LogP contribution in [0.15, 0.2) is 5.10 Å². The third-order valence-corrected chi connectivity index (χ3v) is 5.16. The van der Waals surface area contributed by atoms with Crippen LogP contribution in [0, 0.1) is 11.8 Å². The van der Waals surface area contributed by atoms with E-state index in [-0.39, 0.29) is 30.2 Å². The van der Waals surface area contributed by atoms with Gasteiger partial charge >= 0.3 is 5.91 Å². The van der Waals surface area contributed by atoms with Gasteiger partial charge in [-0.2, -0.15) is 5.10 Å². The van der Waals surface area contributed by atoms with Crippen molar-refractivity contribution in [3.63, 3.8) is 0 Å². The fourth-order valence-electron chi connectivity index (χ4n) is 3.62. The molecule has 0 aromatic carbocycles. The van der Waals surface area contributed by atoms with Gasteiger partial charge in [0.15, 0.2) is 0 Å². The van der Waals surface area contributed by atoms with Crippen molar-refractivity contribution < 1.29 is 14.4 Å². The summed E-state index contributed by atoms with van der Waals surface area (Å²) in [4.78, 5) is 39.3. The summed E-state index contributed by atoms with van der Waals surface area (Å²) in [5.74, 6) is -0.547. The van der Waals surface area contributed by atoms with Gasteiger partial charge in [-0.15, -0.1) is 12.4 Å². The van der Waals surface area contributed by atoms with Crippen molar-refractivity contribution in [1.82, 2.24) is 15.6 Å². The molecule has 2 amide bonds. The van der Waals surface area contributed by atoms with E-state index in [4.69, 9.17) is 0 Å². The number of ketones is 1. The van der Waals surface area contributed by atoms with E-state index in [0.717, 1.165) is 57.3 Å². The molecule has 1 saturated carbocycles. The third-order valence-electron chi connectivity index (χ3n) is 5.16. The minimum Gasteiger partial charge on any atom is -0.362 e. The molecule has 0 spiro atoms. The maximum Gasteiger partial charge on any atom is 0.309 e. The summed E-state index contributed by atoms with van der Waals surface area (Å²) in [6.45, 7) is 4.84. The van der Waals surface area contributed by atoms with Crippen LogP contribution in [0.1, 0.15) is 65.2 Å². The van der Waals surface area contributed by atoms with Crippen LogP contribution in [0.25, 0.3) is 0 Å². The summed E-state index contributed by atoms with van der Waals surface area (Å²) < 4.78 is 0. The molecule has 2 fully saturated rings. The molecule has 0 radical (unpaired) electrons. The Labute approximate surface area is 168 Å². The topological polar surface area (TPSA) is 90.9 Å². The Bertz CT molecular complexity index is 559. The molecule has 0 bridgehead atoms. The van der Waals surface area contributed by atoms with Gasteiger partial charge in [-0.05, 0) is 31.6 Å². The number of nitrogens with zero attached hydrogens (tertiary/aromatic N) is 2. The number of carbonyl (C=O) groups is 3. The lowest BCUT2D eigenvalue weighted by molar-refractivity contribution is -0.140. The summed E-state index contributed by atoms with van der Waals surface area (Å²) in [5, 5.41) is 6.89. The largest absolute Gasteiger partial charge is 0.362 e. The summed E-state index contributed by atoms with van der Waals surface area (Å²) in [6.07, 6.45) is 7.21. The van der Waals surface area contributed by atoms with E-state index in [1.165, 1.54) is 0 Å². The van der Waals surface area contributed by atoms with E-state index in [2.05, 4.69) is 15.8 Å². The zero-order valence-corrected chi connectivity index (χ0v) is 17.4. The fourth-order valence-corrected chi connectivity index (χ4v) is 3.62. The van der Waals surface area contributed by atoms with Gasteiger partial charge in [-0.1, -0.05) is 33.1 Å². The molecule has 154 valence electrons. The molecule has 27 heavy (non-hydrogen) atoms. The lowest BCUT2D eigenvalue weighted by Crippen LogP contribution is -2.49. The van der Waals surface area contributed by atoms with Gasteiger partial charge in [0.25, 0.3) is 0 Å². The molecule has 2 N–H and O–H groups in total. The highest BCUT2D eigenvalue weighted by molar-refractivity contribution is 6.38. The van der Waals surface area contributed by atoms with Gasteiger partial charge in [0, 0.05) is 25.9 Å². The zero-order chi connectivity index (χ0) is 19.1. The van der Waals surface area contributed by atoms with Gasteiger partial charge in [-0.3, -0.25) is 14.4 Å². The monoisotopic (exact) mass is 400 g/mol. The first-order chi connectivity index (χ1) is 12.4. The second-order valence-corrected chi connectivity index (χ2v) is 7.88. The summed E-state index contributed by atoms with van der Waals surface area (Å²) in [6, 6.07) is -0.786. The van der Waals surface area contributed by atoms with Crippen LogP contribution in [0.3, 0.4) is 0 Å². The highest BCUT2D eigenvalue weighted by atomic mass is 35.5. The highest BCUT2D eigenvalue weighted by Crippen LogP contribution is 2.24. The van der Waals surface area contributed by atoms with E-state index in [0.29, 0.717) is 6.42 Å². The van der Waals surface area contributed by atoms with Gasteiger partial charge < -0.3 is 10.2 Å². The molecule has 1 aliphatic carbocycles. The van der Waals surface area contributed by atoms with Crippen LogP contribution in [0.5, 0.6) is 0 Å². The smallest absolute Gasteiger partial charge is 0.309 e. The number of Topliss-reactive ketones (excluding diaryl/α,β-unsaturated/α-hetero) is 1. The zero-order valence-electron chi connectivity index (χ0n) is 16.6. The molecule has 2 aliphatic rings. The van der Waals surface area contributed by atoms with Crippen molar-refractivity contribution in [2.75, 3.05) is 13.6 Å². The van der Waals surface area contributed by atoms with Gasteiger partial charge in [0.2, 0.25) is 11.7 Å². The molecule has 2 rings (SSSR count). The van der Waals surface area contributed by atoms with Crippen molar-refractivity contribution in [1.29, 1.82) is 0 Å². The highest BCUT2D eigenvalue weighted by Gasteiger charge is 2.30. The average Bonchev–Trinajstić information content (AvgIpc) is 3.03. The molecular weight excluding hydrogens is 368 g/mol. The predicted octanol–water partition coefficient (Wildman–Crippen LogP) is 2.24. The van der Waals surface area contributed by atoms with Gasteiger partial charge in [0.1, 0.15) is 5.84 Å². The Balaban J connectivity index is 0.00000364. The van der Waals surface area contributed by atoms with Crippen molar-refractivity contribution >= 4 is 35.8 Å². The number of amides is 2. The predicted molar refractivity (Wildman–Crippen MR) is 108 cm³/mol. The van der Waals surface area contributed by atoms with Gasteiger partial charge in [0.05, 0.1) is 6.04 Å². The Morgan fingerprint density at radius 3 is 2.37 bits per heavy atom. The summed E-state index contributed by atoms with van der Waals surface area (Å²) in [7, 11) is 1.91. The van der Waals surface area contributed by atoms with Crippen molar-refractivity contribution in [3.8, 4) is 0 Å². The second-order valence-electron chi connectivity index (χ2n) is 7.88. The molecule has 1 aliphatic heterocycles. The van der Waals surface area contributed by atoms with E-state index in [1.54, 1.807) is 0 Å². The first-order valence-corrected chi connectivity index (χ1v) is 9.80. The molecule has 1 atom stereocenters. The number of rotatable bonds is 7. The molecular formula is C19H33ClN4O3. The maximum atomic E-state index is 12.6. The van der Waals surface area contributed by atoms with Crippen molar-refractivity contribution in [2.24, 2.45) is 16.9 Å².